The van der Waals surface area contributed by atoms with Crippen LogP contribution in [0.1, 0.15) is 24.2 Å². The Morgan fingerprint density at radius 2 is 1.83 bits per heavy atom. The number of rotatable bonds is 4. The number of benzene rings is 1. The number of nitrogens with one attached hydrogen (secondary N) is 1. The van der Waals surface area contributed by atoms with E-state index in [0.717, 1.165) is 0 Å². The molecule has 0 saturated carbocycles. The van der Waals surface area contributed by atoms with Gasteiger partial charge in [-0.15, -0.1) is 0 Å². The van der Waals surface area contributed by atoms with Crippen molar-refractivity contribution >= 4 is 36.1 Å². The van der Waals surface area contributed by atoms with E-state index < -0.39 is 22.7 Å². The molecule has 0 aliphatic rings. The molecule has 0 aliphatic heterocycles. The van der Waals surface area contributed by atoms with Gasteiger partial charge in [-0.25, -0.2) is 4.79 Å². The molecule has 0 fully saturated rings. The highest BCUT2D eigenvalue weighted by molar-refractivity contribution is 7.81. The van der Waals surface area contributed by atoms with Gasteiger partial charge < -0.3 is 10.4 Å². The van der Waals surface area contributed by atoms with Gasteiger partial charge in [-0.05, 0) is 38.1 Å². The first-order valence-electron chi connectivity index (χ1n) is 5.23. The van der Waals surface area contributed by atoms with Crippen LogP contribution in [0.15, 0.2) is 24.3 Å². The van der Waals surface area contributed by atoms with Crippen LogP contribution in [0.25, 0.3) is 0 Å². The normalized spacial score (nSPS) is 12.9. The lowest BCUT2D eigenvalue weighted by atomic mass is 10.0. The molecule has 0 aliphatic carbocycles. The Hall–Kier alpha value is -1.20. The Morgan fingerprint density at radius 1 is 1.33 bits per heavy atom. The fourth-order valence-corrected chi connectivity index (χ4v) is 1.66. The van der Waals surface area contributed by atoms with Crippen molar-refractivity contribution in [2.45, 2.75) is 24.6 Å². The average molecular weight is 288 g/mol. The molecule has 18 heavy (non-hydrogen) atoms. The van der Waals surface area contributed by atoms with Crippen LogP contribution in [0.3, 0.4) is 0 Å². The standard InChI is InChI=1S/C12H14ClNO3S/c1-12(2,18)9(11(16)17)14-10(15)7-3-5-8(13)6-4-7/h3-6,9,18H,1-2H3,(H,14,15)(H,16,17)/t9-/m0/s1. The molecule has 1 aromatic carbocycles. The quantitative estimate of drug-likeness (QED) is 0.744. The third-order valence-electron chi connectivity index (χ3n) is 2.34. The zero-order valence-electron chi connectivity index (χ0n) is 9.98. The summed E-state index contributed by atoms with van der Waals surface area (Å²) in [5.41, 5.74) is 0.350. The first-order valence-corrected chi connectivity index (χ1v) is 6.06. The molecule has 1 rings (SSSR count). The number of carboxylic acid groups (broad SMARTS) is 1. The predicted octanol–water partition coefficient (Wildman–Crippen LogP) is 2.23. The molecule has 0 radical (unpaired) electrons. The van der Waals surface area contributed by atoms with Crippen molar-refractivity contribution in [2.75, 3.05) is 0 Å². The van der Waals surface area contributed by atoms with Crippen LogP contribution in [0, 0.1) is 0 Å². The molecule has 4 nitrogen and oxygen atoms in total. The largest absolute Gasteiger partial charge is 0.480 e. The Morgan fingerprint density at radius 3 is 2.22 bits per heavy atom. The topological polar surface area (TPSA) is 66.4 Å². The zero-order chi connectivity index (χ0) is 13.9. The lowest BCUT2D eigenvalue weighted by Crippen LogP contribution is -2.51. The number of aliphatic carboxylic acids is 1. The van der Waals surface area contributed by atoms with Gasteiger partial charge in [0.25, 0.3) is 5.91 Å². The molecule has 6 heteroatoms. The lowest BCUT2D eigenvalue weighted by molar-refractivity contribution is -0.139. The molecule has 1 amide bonds. The Bertz CT molecular complexity index is 453. The molecule has 1 aromatic rings. The van der Waals surface area contributed by atoms with Crippen LogP contribution in [0.2, 0.25) is 5.02 Å². The second kappa shape index (κ2) is 5.63. The number of hydrogen-bond acceptors (Lipinski definition) is 3. The molecule has 0 saturated heterocycles. The molecule has 0 spiro atoms. The fourth-order valence-electron chi connectivity index (χ4n) is 1.36. The summed E-state index contributed by atoms with van der Waals surface area (Å²) in [4.78, 5) is 22.9. The summed E-state index contributed by atoms with van der Waals surface area (Å²) in [7, 11) is 0. The van der Waals surface area contributed by atoms with Gasteiger partial charge in [0.1, 0.15) is 6.04 Å². The van der Waals surface area contributed by atoms with Crippen molar-refractivity contribution in [1.29, 1.82) is 0 Å². The minimum Gasteiger partial charge on any atom is -0.480 e. The van der Waals surface area contributed by atoms with Crippen molar-refractivity contribution < 1.29 is 14.7 Å². The number of hydrogen-bond donors (Lipinski definition) is 3. The Labute approximate surface area is 116 Å². The molecule has 98 valence electrons. The van der Waals surface area contributed by atoms with Crippen LogP contribution in [0.5, 0.6) is 0 Å². The predicted molar refractivity (Wildman–Crippen MR) is 73.4 cm³/mol. The van der Waals surface area contributed by atoms with Gasteiger partial charge in [0.2, 0.25) is 0 Å². The Balaban J connectivity index is 2.86. The summed E-state index contributed by atoms with van der Waals surface area (Å²) in [6, 6.07) is 5.12. The van der Waals surface area contributed by atoms with E-state index in [9.17, 15) is 9.59 Å². The molecule has 0 bridgehead atoms. The molecule has 1 atom stereocenters. The second-order valence-electron chi connectivity index (χ2n) is 4.41. The van der Waals surface area contributed by atoms with E-state index in [1.54, 1.807) is 26.0 Å². The van der Waals surface area contributed by atoms with E-state index in [0.29, 0.717) is 10.6 Å². The number of thiol groups is 1. The van der Waals surface area contributed by atoms with E-state index in [2.05, 4.69) is 17.9 Å². The van der Waals surface area contributed by atoms with Gasteiger partial charge in [0, 0.05) is 15.3 Å². The van der Waals surface area contributed by atoms with Crippen molar-refractivity contribution in [3.05, 3.63) is 34.9 Å². The summed E-state index contributed by atoms with van der Waals surface area (Å²) >= 11 is 9.88. The van der Waals surface area contributed by atoms with Crippen LogP contribution < -0.4 is 5.32 Å². The second-order valence-corrected chi connectivity index (χ2v) is 5.99. The van der Waals surface area contributed by atoms with Gasteiger partial charge in [-0.3, -0.25) is 4.79 Å². The Kier molecular flexibility index (Phi) is 4.65. The van der Waals surface area contributed by atoms with Crippen molar-refractivity contribution in [3.63, 3.8) is 0 Å². The van der Waals surface area contributed by atoms with Crippen molar-refractivity contribution in [1.82, 2.24) is 5.32 Å². The molecular weight excluding hydrogens is 274 g/mol. The van der Waals surface area contributed by atoms with Crippen molar-refractivity contribution in [2.24, 2.45) is 0 Å². The summed E-state index contributed by atoms with van der Waals surface area (Å²) in [5, 5.41) is 12.0. The zero-order valence-corrected chi connectivity index (χ0v) is 11.6. The molecule has 0 unspecified atom stereocenters. The van der Waals surface area contributed by atoms with E-state index in [1.807, 2.05) is 0 Å². The fraction of sp³-hybridized carbons (Fsp3) is 0.333. The molecule has 0 heterocycles. The summed E-state index contributed by atoms with van der Waals surface area (Å²) < 4.78 is -0.867. The minimum absolute atomic E-state index is 0.350. The molecule has 0 aromatic heterocycles. The van der Waals surface area contributed by atoms with E-state index in [1.165, 1.54) is 12.1 Å². The summed E-state index contributed by atoms with van der Waals surface area (Å²) in [6.45, 7) is 3.24. The minimum atomic E-state index is -1.13. The van der Waals surface area contributed by atoms with E-state index >= 15 is 0 Å². The highest BCUT2D eigenvalue weighted by Gasteiger charge is 2.33. The number of carboxylic acids is 1. The van der Waals surface area contributed by atoms with Crippen LogP contribution in [-0.4, -0.2) is 27.8 Å². The SMILES string of the molecule is CC(C)(S)[C@@H](NC(=O)c1ccc(Cl)cc1)C(=O)O. The van der Waals surface area contributed by atoms with E-state index in [-0.39, 0.29) is 0 Å². The molecular formula is C12H14ClNO3S. The number of amides is 1. The van der Waals surface area contributed by atoms with Crippen LogP contribution in [-0.2, 0) is 4.79 Å². The lowest BCUT2D eigenvalue weighted by Gasteiger charge is -2.26. The number of carbonyl (C=O) groups excluding carboxylic acids is 1. The van der Waals surface area contributed by atoms with Gasteiger partial charge in [-0.1, -0.05) is 11.6 Å². The van der Waals surface area contributed by atoms with Crippen molar-refractivity contribution in [3.8, 4) is 0 Å². The maximum absolute atomic E-state index is 11.9. The summed E-state index contributed by atoms with van der Waals surface area (Å²) in [5.74, 6) is -1.60. The monoisotopic (exact) mass is 287 g/mol. The maximum Gasteiger partial charge on any atom is 0.327 e. The molecule has 2 N–H and O–H groups in total. The van der Waals surface area contributed by atoms with Gasteiger partial charge in [0.05, 0.1) is 0 Å². The first kappa shape index (κ1) is 14.9. The average Bonchev–Trinajstić information content (AvgIpc) is 2.24. The highest BCUT2D eigenvalue weighted by Crippen LogP contribution is 2.18. The summed E-state index contributed by atoms with van der Waals surface area (Å²) in [6.07, 6.45) is 0. The van der Waals surface area contributed by atoms with Gasteiger partial charge in [0.15, 0.2) is 0 Å². The van der Waals surface area contributed by atoms with Gasteiger partial charge >= 0.3 is 5.97 Å². The van der Waals surface area contributed by atoms with Crippen LogP contribution in [0.4, 0.5) is 0 Å². The van der Waals surface area contributed by atoms with E-state index in [4.69, 9.17) is 16.7 Å². The van der Waals surface area contributed by atoms with Crippen LogP contribution >= 0.6 is 24.2 Å². The third-order valence-corrected chi connectivity index (χ3v) is 2.85. The maximum atomic E-state index is 11.9. The first-order chi connectivity index (χ1) is 8.21. The van der Waals surface area contributed by atoms with Gasteiger partial charge in [-0.2, -0.15) is 12.6 Å². The third kappa shape index (κ3) is 3.92. The highest BCUT2D eigenvalue weighted by atomic mass is 35.5. The smallest absolute Gasteiger partial charge is 0.327 e. The number of halogens is 1. The number of carbonyl (C=O) groups is 2.